The predicted octanol–water partition coefficient (Wildman–Crippen LogP) is 4.08. The van der Waals surface area contributed by atoms with Crippen molar-refractivity contribution in [2.75, 3.05) is 6.61 Å². The molecule has 0 atom stereocenters. The van der Waals surface area contributed by atoms with Crippen LogP contribution in [0.1, 0.15) is 31.1 Å². The van der Waals surface area contributed by atoms with Gasteiger partial charge < -0.3 is 9.47 Å². The first-order chi connectivity index (χ1) is 13.5. The highest BCUT2D eigenvalue weighted by Gasteiger charge is 2.13. The maximum atomic E-state index is 12.9. The second-order valence-corrected chi connectivity index (χ2v) is 5.79. The molecule has 0 aliphatic rings. The van der Waals surface area contributed by atoms with Crippen LogP contribution < -0.4 is 4.74 Å². The number of esters is 2. The number of ether oxygens (including phenoxy) is 2. The average Bonchev–Trinajstić information content (AvgIpc) is 2.73. The van der Waals surface area contributed by atoms with E-state index in [9.17, 15) is 18.8 Å². The molecular weight excluding hydrogens is 363 g/mol. The summed E-state index contributed by atoms with van der Waals surface area (Å²) in [6.07, 6.45) is 0. The maximum Gasteiger partial charge on any atom is 0.343 e. The van der Waals surface area contributed by atoms with Gasteiger partial charge in [-0.15, -0.1) is 0 Å². The van der Waals surface area contributed by atoms with Crippen molar-refractivity contribution in [3.63, 3.8) is 0 Å². The molecule has 5 nitrogen and oxygen atoms in total. The molecule has 28 heavy (non-hydrogen) atoms. The van der Waals surface area contributed by atoms with Crippen molar-refractivity contribution in [3.8, 4) is 5.75 Å². The van der Waals surface area contributed by atoms with E-state index in [1.54, 1.807) is 30.3 Å². The highest BCUT2D eigenvalue weighted by atomic mass is 19.1. The van der Waals surface area contributed by atoms with Crippen molar-refractivity contribution in [3.05, 3.63) is 101 Å². The summed E-state index contributed by atoms with van der Waals surface area (Å²) in [5, 5.41) is 0. The highest BCUT2D eigenvalue weighted by molar-refractivity contribution is 5.99. The van der Waals surface area contributed by atoms with E-state index in [0.29, 0.717) is 11.1 Å². The average molecular weight is 378 g/mol. The summed E-state index contributed by atoms with van der Waals surface area (Å²) < 4.78 is 23.0. The van der Waals surface area contributed by atoms with Crippen molar-refractivity contribution >= 4 is 17.7 Å². The van der Waals surface area contributed by atoms with Crippen LogP contribution in [0.25, 0.3) is 0 Å². The first-order valence-electron chi connectivity index (χ1n) is 8.36. The number of hydrogen-bond donors (Lipinski definition) is 0. The molecule has 3 aromatic carbocycles. The minimum atomic E-state index is -0.721. The van der Waals surface area contributed by atoms with E-state index in [1.807, 2.05) is 0 Å². The van der Waals surface area contributed by atoms with E-state index in [0.717, 1.165) is 12.1 Å². The van der Waals surface area contributed by atoms with Gasteiger partial charge in [-0.2, -0.15) is 0 Å². The molecule has 0 saturated carbocycles. The Balaban J connectivity index is 1.55. The van der Waals surface area contributed by atoms with Crippen LogP contribution in [0.4, 0.5) is 4.39 Å². The molecule has 0 amide bonds. The van der Waals surface area contributed by atoms with Crippen molar-refractivity contribution in [1.82, 2.24) is 0 Å². The molecule has 0 aliphatic carbocycles. The number of Topliss-reactive ketones (excluding diaryl/α,β-unsaturated/α-hetero) is 1. The third-order valence-corrected chi connectivity index (χ3v) is 3.81. The lowest BCUT2D eigenvalue weighted by Crippen LogP contribution is -2.14. The number of carbonyl (C=O) groups excluding carboxylic acids is 3. The van der Waals surface area contributed by atoms with E-state index in [4.69, 9.17) is 9.47 Å². The van der Waals surface area contributed by atoms with Gasteiger partial charge in [-0.05, 0) is 60.7 Å². The van der Waals surface area contributed by atoms with Crippen LogP contribution in [0.3, 0.4) is 0 Å². The number of carbonyl (C=O) groups is 3. The Bertz CT molecular complexity index is 980. The van der Waals surface area contributed by atoms with Gasteiger partial charge in [0.15, 0.2) is 12.4 Å². The summed E-state index contributed by atoms with van der Waals surface area (Å²) >= 11 is 0. The first-order valence-corrected chi connectivity index (χ1v) is 8.36. The van der Waals surface area contributed by atoms with Crippen LogP contribution >= 0.6 is 0 Å². The van der Waals surface area contributed by atoms with E-state index in [2.05, 4.69) is 0 Å². The summed E-state index contributed by atoms with van der Waals surface area (Å²) in [4.78, 5) is 36.0. The predicted molar refractivity (Wildman–Crippen MR) is 98.9 cm³/mol. The smallest absolute Gasteiger partial charge is 0.343 e. The lowest BCUT2D eigenvalue weighted by molar-refractivity contribution is 0.0474. The fraction of sp³-hybridized carbons (Fsp3) is 0.0455. The molecule has 0 bridgehead atoms. The number of benzene rings is 3. The van der Waals surface area contributed by atoms with Gasteiger partial charge in [0.25, 0.3) is 0 Å². The summed E-state index contributed by atoms with van der Waals surface area (Å²) in [6, 6.07) is 19.2. The number of halogens is 1. The van der Waals surface area contributed by atoms with Crippen LogP contribution in [0.15, 0.2) is 78.9 Å². The summed E-state index contributed by atoms with van der Waals surface area (Å²) in [5.41, 5.74) is 0.860. The topological polar surface area (TPSA) is 69.7 Å². The third kappa shape index (κ3) is 4.88. The van der Waals surface area contributed by atoms with E-state index in [-0.39, 0.29) is 11.3 Å². The zero-order valence-corrected chi connectivity index (χ0v) is 14.6. The van der Waals surface area contributed by atoms with Crippen LogP contribution in [0.2, 0.25) is 0 Å². The van der Waals surface area contributed by atoms with Gasteiger partial charge in [0.1, 0.15) is 11.6 Å². The minimum Gasteiger partial charge on any atom is -0.454 e. The molecule has 0 aliphatic heterocycles. The molecule has 0 spiro atoms. The normalized spacial score (nSPS) is 10.2. The van der Waals surface area contributed by atoms with E-state index >= 15 is 0 Å². The Morgan fingerprint density at radius 1 is 0.679 bits per heavy atom. The maximum absolute atomic E-state index is 12.9. The van der Waals surface area contributed by atoms with Gasteiger partial charge in [-0.25, -0.2) is 14.0 Å². The standard InChI is InChI=1S/C22H15FO5/c23-18-10-6-17(7-11-18)21(25)27-14-20(24)15-8-12-19(13-9-15)28-22(26)16-4-2-1-3-5-16/h1-13H,14H2. The Labute approximate surface area is 160 Å². The lowest BCUT2D eigenvalue weighted by atomic mass is 10.1. The van der Waals surface area contributed by atoms with Crippen LogP contribution in [-0.4, -0.2) is 24.3 Å². The van der Waals surface area contributed by atoms with Crippen molar-refractivity contribution in [1.29, 1.82) is 0 Å². The minimum absolute atomic E-state index is 0.150. The lowest BCUT2D eigenvalue weighted by Gasteiger charge is -2.06. The summed E-state index contributed by atoms with van der Waals surface area (Å²) in [5.74, 6) is -1.83. The molecule has 0 radical (unpaired) electrons. The van der Waals surface area contributed by atoms with Crippen LogP contribution in [0.5, 0.6) is 5.75 Å². The third-order valence-electron chi connectivity index (χ3n) is 3.81. The molecule has 0 unspecified atom stereocenters. The number of rotatable bonds is 6. The summed E-state index contributed by atoms with van der Waals surface area (Å²) in [7, 11) is 0. The van der Waals surface area contributed by atoms with Crippen molar-refractivity contribution in [2.24, 2.45) is 0 Å². The van der Waals surface area contributed by atoms with Gasteiger partial charge in [0.2, 0.25) is 0 Å². The second kappa shape index (κ2) is 8.73. The molecule has 0 heterocycles. The molecule has 0 fully saturated rings. The fourth-order valence-electron chi connectivity index (χ4n) is 2.33. The van der Waals surface area contributed by atoms with Crippen LogP contribution in [0, 0.1) is 5.82 Å². The van der Waals surface area contributed by atoms with Gasteiger partial charge in [0.05, 0.1) is 11.1 Å². The summed E-state index contributed by atoms with van der Waals surface area (Å²) in [6.45, 7) is -0.459. The molecule has 0 aromatic heterocycles. The molecule has 0 N–H and O–H groups in total. The quantitative estimate of drug-likeness (QED) is 0.367. The number of hydrogen-bond acceptors (Lipinski definition) is 5. The highest BCUT2D eigenvalue weighted by Crippen LogP contribution is 2.15. The molecule has 140 valence electrons. The van der Waals surface area contributed by atoms with Crippen molar-refractivity contribution in [2.45, 2.75) is 0 Å². The molecule has 3 rings (SSSR count). The molecule has 3 aromatic rings. The zero-order valence-electron chi connectivity index (χ0n) is 14.6. The van der Waals surface area contributed by atoms with Gasteiger partial charge in [0, 0.05) is 5.56 Å². The number of ketones is 1. The Hall–Kier alpha value is -3.80. The Morgan fingerprint density at radius 2 is 1.25 bits per heavy atom. The largest absolute Gasteiger partial charge is 0.454 e. The fourth-order valence-corrected chi connectivity index (χ4v) is 2.33. The Morgan fingerprint density at radius 3 is 1.89 bits per heavy atom. The SMILES string of the molecule is O=C(COC(=O)c1ccc(F)cc1)c1ccc(OC(=O)c2ccccc2)cc1. The van der Waals surface area contributed by atoms with E-state index < -0.39 is 30.1 Å². The zero-order chi connectivity index (χ0) is 19.9. The monoisotopic (exact) mass is 378 g/mol. The molecule has 0 saturated heterocycles. The molecular formula is C22H15FO5. The van der Waals surface area contributed by atoms with Crippen LogP contribution in [-0.2, 0) is 4.74 Å². The second-order valence-electron chi connectivity index (χ2n) is 5.79. The van der Waals surface area contributed by atoms with Gasteiger partial charge in [-0.3, -0.25) is 4.79 Å². The van der Waals surface area contributed by atoms with Gasteiger partial charge >= 0.3 is 11.9 Å². The first kappa shape index (κ1) is 19.0. The molecule has 6 heteroatoms. The van der Waals surface area contributed by atoms with Crippen molar-refractivity contribution < 1.29 is 28.2 Å². The van der Waals surface area contributed by atoms with Gasteiger partial charge in [-0.1, -0.05) is 18.2 Å². The Kier molecular flexibility index (Phi) is 5.91. The van der Waals surface area contributed by atoms with E-state index in [1.165, 1.54) is 36.4 Å².